The van der Waals surface area contributed by atoms with Crippen molar-refractivity contribution in [3.05, 3.63) is 29.8 Å². The molecule has 0 unspecified atom stereocenters. The number of likely N-dealkylation sites (tertiary alicyclic amines) is 1. The smallest absolute Gasteiger partial charge is 0.303 e. The lowest BCUT2D eigenvalue weighted by molar-refractivity contribution is -0.138. The largest absolute Gasteiger partial charge is 0.494 e. The Labute approximate surface area is 120 Å². The number of piperidine rings is 1. The molecule has 0 amide bonds. The van der Waals surface area contributed by atoms with E-state index in [-0.39, 0.29) is 0 Å². The van der Waals surface area contributed by atoms with E-state index in [0.717, 1.165) is 38.2 Å². The van der Waals surface area contributed by atoms with Gasteiger partial charge in [0.2, 0.25) is 0 Å². The second kappa shape index (κ2) is 7.29. The second-order valence-electron chi connectivity index (χ2n) is 5.40. The number of carboxylic acids is 1. The van der Waals surface area contributed by atoms with E-state index in [4.69, 9.17) is 9.84 Å². The summed E-state index contributed by atoms with van der Waals surface area (Å²) in [6.07, 6.45) is 2.28. The Morgan fingerprint density at radius 2 is 2.15 bits per heavy atom. The van der Waals surface area contributed by atoms with Gasteiger partial charge in [-0.2, -0.15) is 0 Å². The molecule has 0 aliphatic carbocycles. The van der Waals surface area contributed by atoms with Crippen molar-refractivity contribution < 1.29 is 14.6 Å². The van der Waals surface area contributed by atoms with Gasteiger partial charge in [-0.1, -0.05) is 12.1 Å². The van der Waals surface area contributed by atoms with Crippen molar-refractivity contribution in [2.45, 2.75) is 32.7 Å². The highest BCUT2D eigenvalue weighted by Gasteiger charge is 2.21. The summed E-state index contributed by atoms with van der Waals surface area (Å²) in [6.45, 7) is 5.55. The molecular formula is C16H23NO3. The number of ether oxygens (including phenoxy) is 1. The van der Waals surface area contributed by atoms with Crippen LogP contribution in [0.1, 0.15) is 31.7 Å². The average molecular weight is 277 g/mol. The first-order valence-corrected chi connectivity index (χ1v) is 7.33. The number of benzene rings is 1. The molecule has 4 nitrogen and oxygen atoms in total. The molecule has 0 saturated carbocycles. The van der Waals surface area contributed by atoms with Gasteiger partial charge in [0.05, 0.1) is 6.61 Å². The summed E-state index contributed by atoms with van der Waals surface area (Å²) < 4.78 is 5.51. The number of carbonyl (C=O) groups is 1. The summed E-state index contributed by atoms with van der Waals surface area (Å²) in [6, 6.07) is 8.21. The van der Waals surface area contributed by atoms with E-state index in [1.165, 1.54) is 5.56 Å². The molecule has 1 fully saturated rings. The Morgan fingerprint density at radius 1 is 1.40 bits per heavy atom. The SMILES string of the molecule is CCOc1cccc(CN2CCC(CC(=O)O)CC2)c1. The molecule has 1 aromatic rings. The van der Waals surface area contributed by atoms with Gasteiger partial charge in [-0.3, -0.25) is 9.69 Å². The Kier molecular flexibility index (Phi) is 5.41. The van der Waals surface area contributed by atoms with Crippen molar-refractivity contribution in [2.75, 3.05) is 19.7 Å². The van der Waals surface area contributed by atoms with E-state index in [1.807, 2.05) is 19.1 Å². The maximum atomic E-state index is 10.7. The molecule has 1 aliphatic rings. The van der Waals surface area contributed by atoms with Crippen molar-refractivity contribution in [1.29, 1.82) is 0 Å². The molecule has 1 saturated heterocycles. The standard InChI is InChI=1S/C16H23NO3/c1-2-20-15-5-3-4-14(10-15)12-17-8-6-13(7-9-17)11-16(18)19/h3-5,10,13H,2,6-9,11-12H2,1H3,(H,18,19). The molecule has 0 bridgehead atoms. The number of carboxylic acid groups (broad SMARTS) is 1. The Bertz CT molecular complexity index is 439. The predicted molar refractivity (Wildman–Crippen MR) is 77.9 cm³/mol. The van der Waals surface area contributed by atoms with Crippen LogP contribution in [-0.4, -0.2) is 35.7 Å². The highest BCUT2D eigenvalue weighted by atomic mass is 16.5. The predicted octanol–water partition coefficient (Wildman–Crippen LogP) is 2.77. The van der Waals surface area contributed by atoms with Gasteiger partial charge in [0.15, 0.2) is 0 Å². The fourth-order valence-electron chi connectivity index (χ4n) is 2.75. The van der Waals surface area contributed by atoms with Crippen LogP contribution in [-0.2, 0) is 11.3 Å². The van der Waals surface area contributed by atoms with Crippen molar-refractivity contribution in [3.8, 4) is 5.75 Å². The zero-order valence-electron chi connectivity index (χ0n) is 12.0. The molecule has 20 heavy (non-hydrogen) atoms. The van der Waals surface area contributed by atoms with Gasteiger partial charge in [0, 0.05) is 13.0 Å². The molecule has 0 radical (unpaired) electrons. The van der Waals surface area contributed by atoms with Crippen molar-refractivity contribution in [1.82, 2.24) is 4.90 Å². The molecule has 2 rings (SSSR count). The van der Waals surface area contributed by atoms with Gasteiger partial charge in [-0.25, -0.2) is 0 Å². The van der Waals surface area contributed by atoms with Crippen LogP contribution in [0.25, 0.3) is 0 Å². The topological polar surface area (TPSA) is 49.8 Å². The van der Waals surface area contributed by atoms with Crippen LogP contribution in [0.3, 0.4) is 0 Å². The number of nitrogens with zero attached hydrogens (tertiary/aromatic N) is 1. The van der Waals surface area contributed by atoms with Crippen molar-refractivity contribution in [3.63, 3.8) is 0 Å². The quantitative estimate of drug-likeness (QED) is 0.868. The molecule has 1 N–H and O–H groups in total. The molecule has 0 aromatic heterocycles. The Hall–Kier alpha value is -1.55. The van der Waals surface area contributed by atoms with E-state index < -0.39 is 5.97 Å². The maximum absolute atomic E-state index is 10.7. The third-order valence-electron chi connectivity index (χ3n) is 3.79. The van der Waals surface area contributed by atoms with E-state index in [1.54, 1.807) is 0 Å². The monoisotopic (exact) mass is 277 g/mol. The second-order valence-corrected chi connectivity index (χ2v) is 5.40. The minimum absolute atomic E-state index is 0.313. The molecule has 0 spiro atoms. The van der Waals surface area contributed by atoms with Crippen LogP contribution in [0.5, 0.6) is 5.75 Å². The van der Waals surface area contributed by atoms with E-state index in [2.05, 4.69) is 17.0 Å². The molecular weight excluding hydrogens is 254 g/mol. The van der Waals surface area contributed by atoms with Gasteiger partial charge >= 0.3 is 5.97 Å². The Morgan fingerprint density at radius 3 is 2.80 bits per heavy atom. The van der Waals surface area contributed by atoms with Crippen LogP contribution in [0.15, 0.2) is 24.3 Å². The van der Waals surface area contributed by atoms with Crippen molar-refractivity contribution in [2.24, 2.45) is 5.92 Å². The van der Waals surface area contributed by atoms with E-state index in [9.17, 15) is 4.79 Å². The molecule has 4 heteroatoms. The average Bonchev–Trinajstić information content (AvgIpc) is 2.41. The van der Waals surface area contributed by atoms with Crippen LogP contribution in [0, 0.1) is 5.92 Å². The number of hydrogen-bond donors (Lipinski definition) is 1. The third-order valence-corrected chi connectivity index (χ3v) is 3.79. The fourth-order valence-corrected chi connectivity index (χ4v) is 2.75. The summed E-state index contributed by atoms with van der Waals surface area (Å²) >= 11 is 0. The number of hydrogen-bond acceptors (Lipinski definition) is 3. The molecule has 1 aromatic carbocycles. The lowest BCUT2D eigenvalue weighted by atomic mass is 9.93. The summed E-state index contributed by atoms with van der Waals surface area (Å²) in [5.41, 5.74) is 1.26. The minimum atomic E-state index is -0.673. The lowest BCUT2D eigenvalue weighted by Crippen LogP contribution is -2.33. The van der Waals surface area contributed by atoms with Gasteiger partial charge in [-0.05, 0) is 56.5 Å². The zero-order valence-corrected chi connectivity index (χ0v) is 12.0. The normalized spacial score (nSPS) is 17.1. The number of aliphatic carboxylic acids is 1. The Balaban J connectivity index is 1.83. The molecule has 0 atom stereocenters. The summed E-state index contributed by atoms with van der Waals surface area (Å²) in [5, 5.41) is 8.82. The first-order valence-electron chi connectivity index (χ1n) is 7.33. The van der Waals surface area contributed by atoms with Crippen LogP contribution in [0.2, 0.25) is 0 Å². The van der Waals surface area contributed by atoms with Crippen LogP contribution < -0.4 is 4.74 Å². The van der Waals surface area contributed by atoms with Gasteiger partial charge < -0.3 is 9.84 Å². The number of rotatable bonds is 6. The van der Waals surface area contributed by atoms with Gasteiger partial charge in [0.1, 0.15) is 5.75 Å². The summed E-state index contributed by atoms with van der Waals surface area (Å²) in [5.74, 6) is 0.595. The van der Waals surface area contributed by atoms with Crippen LogP contribution in [0.4, 0.5) is 0 Å². The molecule has 1 aliphatic heterocycles. The first kappa shape index (κ1) is 14.9. The first-order chi connectivity index (χ1) is 9.67. The van der Waals surface area contributed by atoms with Gasteiger partial charge in [-0.15, -0.1) is 0 Å². The molecule has 110 valence electrons. The highest BCUT2D eigenvalue weighted by Crippen LogP contribution is 2.22. The van der Waals surface area contributed by atoms with Gasteiger partial charge in [0.25, 0.3) is 0 Å². The molecule has 1 heterocycles. The van der Waals surface area contributed by atoms with Crippen LogP contribution >= 0.6 is 0 Å². The highest BCUT2D eigenvalue weighted by molar-refractivity contribution is 5.67. The minimum Gasteiger partial charge on any atom is -0.494 e. The lowest BCUT2D eigenvalue weighted by Gasteiger charge is -2.31. The summed E-state index contributed by atoms with van der Waals surface area (Å²) in [7, 11) is 0. The van der Waals surface area contributed by atoms with E-state index >= 15 is 0 Å². The fraction of sp³-hybridized carbons (Fsp3) is 0.562. The zero-order chi connectivity index (χ0) is 14.4. The third kappa shape index (κ3) is 4.53. The maximum Gasteiger partial charge on any atom is 0.303 e. The van der Waals surface area contributed by atoms with E-state index in [0.29, 0.717) is 18.9 Å². The summed E-state index contributed by atoms with van der Waals surface area (Å²) in [4.78, 5) is 13.1. The van der Waals surface area contributed by atoms with Crippen molar-refractivity contribution >= 4 is 5.97 Å².